The third-order valence-corrected chi connectivity index (χ3v) is 3.03. The molecule has 6 nitrogen and oxygen atoms in total. The van der Waals surface area contributed by atoms with Crippen LogP contribution in [0.1, 0.15) is 0 Å². The first kappa shape index (κ1) is 16.6. The van der Waals surface area contributed by atoms with E-state index in [1.807, 2.05) is 6.07 Å². The van der Waals surface area contributed by atoms with Crippen molar-refractivity contribution in [3.8, 4) is 11.5 Å². The smallest absolute Gasteiger partial charge is 0.258 e. The molecule has 0 unspecified atom stereocenters. The summed E-state index contributed by atoms with van der Waals surface area (Å²) < 4.78 is 5.25. The highest BCUT2D eigenvalue weighted by Gasteiger charge is 2.09. The fraction of sp³-hybridized carbons (Fsp3) is 0.125. The molecule has 0 aliphatic carbocycles. The number of nitrogens with one attached hydrogen (secondary N) is 2. The molecule has 2 amide bonds. The first-order valence-electron chi connectivity index (χ1n) is 6.77. The molecule has 0 saturated carbocycles. The molecular weight excluding hydrogens is 320 g/mol. The maximum Gasteiger partial charge on any atom is 0.258 e. The van der Waals surface area contributed by atoms with Crippen molar-refractivity contribution in [2.45, 2.75) is 0 Å². The molecule has 0 radical (unpaired) electrons. The minimum absolute atomic E-state index is 0.110. The number of rotatable bonds is 6. The van der Waals surface area contributed by atoms with Gasteiger partial charge in [0.05, 0.1) is 12.2 Å². The third kappa shape index (κ3) is 5.52. The second kappa shape index (κ2) is 8.05. The maximum atomic E-state index is 11.7. The fourth-order valence-corrected chi connectivity index (χ4v) is 1.87. The molecule has 0 atom stereocenters. The molecule has 3 N–H and O–H groups in total. The Balaban J connectivity index is 1.75. The van der Waals surface area contributed by atoms with Gasteiger partial charge in [-0.2, -0.15) is 0 Å². The Bertz CT molecular complexity index is 692. The summed E-state index contributed by atoms with van der Waals surface area (Å²) in [4.78, 5) is 23.3. The van der Waals surface area contributed by atoms with Crippen molar-refractivity contribution < 1.29 is 19.4 Å². The Morgan fingerprint density at radius 2 is 1.83 bits per heavy atom. The summed E-state index contributed by atoms with van der Waals surface area (Å²) in [6.07, 6.45) is 0. The molecule has 0 aliphatic heterocycles. The van der Waals surface area contributed by atoms with Gasteiger partial charge in [-0.25, -0.2) is 0 Å². The van der Waals surface area contributed by atoms with Gasteiger partial charge < -0.3 is 20.5 Å². The van der Waals surface area contributed by atoms with E-state index in [9.17, 15) is 14.7 Å². The van der Waals surface area contributed by atoms with Gasteiger partial charge in [-0.3, -0.25) is 9.59 Å². The lowest BCUT2D eigenvalue weighted by atomic mass is 10.3. The Labute approximate surface area is 138 Å². The summed E-state index contributed by atoms with van der Waals surface area (Å²) in [5.74, 6) is -0.465. The Hall–Kier alpha value is -2.73. The van der Waals surface area contributed by atoms with Crippen LogP contribution in [0.15, 0.2) is 48.5 Å². The number of anilines is 1. The summed E-state index contributed by atoms with van der Waals surface area (Å²) >= 11 is 5.78. The molecule has 0 spiro atoms. The number of halogens is 1. The van der Waals surface area contributed by atoms with Crippen LogP contribution in [0.3, 0.4) is 0 Å². The number of para-hydroxylation sites is 1. The van der Waals surface area contributed by atoms with Gasteiger partial charge in [-0.15, -0.1) is 0 Å². The lowest BCUT2D eigenvalue weighted by Gasteiger charge is -2.09. The van der Waals surface area contributed by atoms with Gasteiger partial charge in [0, 0.05) is 5.02 Å². The van der Waals surface area contributed by atoms with Gasteiger partial charge in [-0.1, -0.05) is 29.8 Å². The zero-order chi connectivity index (χ0) is 16.7. The normalized spacial score (nSPS) is 9.96. The molecule has 0 aromatic heterocycles. The molecule has 0 aliphatic rings. The van der Waals surface area contributed by atoms with E-state index in [0.29, 0.717) is 10.8 Å². The van der Waals surface area contributed by atoms with Gasteiger partial charge in [-0.05, 0) is 30.3 Å². The van der Waals surface area contributed by atoms with Gasteiger partial charge in [0.25, 0.3) is 5.91 Å². The van der Waals surface area contributed by atoms with Gasteiger partial charge in [0.1, 0.15) is 11.5 Å². The van der Waals surface area contributed by atoms with Crippen molar-refractivity contribution in [1.29, 1.82) is 0 Å². The van der Waals surface area contributed by atoms with Crippen LogP contribution in [0, 0.1) is 0 Å². The molecule has 0 fully saturated rings. The zero-order valence-corrected chi connectivity index (χ0v) is 12.8. The van der Waals surface area contributed by atoms with E-state index in [1.165, 1.54) is 18.2 Å². The Kier molecular flexibility index (Phi) is 5.82. The minimum Gasteiger partial charge on any atom is -0.506 e. The first-order chi connectivity index (χ1) is 11.0. The van der Waals surface area contributed by atoms with Crippen molar-refractivity contribution in [3.63, 3.8) is 0 Å². The van der Waals surface area contributed by atoms with Crippen LogP contribution in [0.2, 0.25) is 5.02 Å². The van der Waals surface area contributed by atoms with Crippen LogP contribution in [-0.2, 0) is 9.59 Å². The molecule has 2 rings (SSSR count). The summed E-state index contributed by atoms with van der Waals surface area (Å²) in [5.41, 5.74) is 0.178. The van der Waals surface area contributed by atoms with Gasteiger partial charge in [0.2, 0.25) is 5.91 Å². The lowest BCUT2D eigenvalue weighted by molar-refractivity contribution is -0.125. The number of benzene rings is 2. The highest BCUT2D eigenvalue weighted by Crippen LogP contribution is 2.26. The summed E-state index contributed by atoms with van der Waals surface area (Å²) in [5, 5.41) is 14.8. The molecular formula is C16H15ClN2O4. The van der Waals surface area contributed by atoms with Crippen LogP contribution in [0.25, 0.3) is 0 Å². The van der Waals surface area contributed by atoms with Crippen molar-refractivity contribution in [1.82, 2.24) is 5.32 Å². The van der Waals surface area contributed by atoms with Gasteiger partial charge >= 0.3 is 0 Å². The zero-order valence-electron chi connectivity index (χ0n) is 12.1. The van der Waals surface area contributed by atoms with Crippen molar-refractivity contribution in [2.24, 2.45) is 0 Å². The van der Waals surface area contributed by atoms with E-state index in [1.54, 1.807) is 24.3 Å². The molecule has 0 heterocycles. The number of phenols is 1. The van der Waals surface area contributed by atoms with Crippen LogP contribution >= 0.6 is 11.6 Å². The molecule has 23 heavy (non-hydrogen) atoms. The highest BCUT2D eigenvalue weighted by molar-refractivity contribution is 6.31. The molecule has 120 valence electrons. The SMILES string of the molecule is O=C(COc1ccccc1)NCC(=O)Nc1cc(Cl)ccc1O. The molecule has 0 saturated heterocycles. The average molecular weight is 335 g/mol. The predicted octanol–water partition coefficient (Wildman–Crippen LogP) is 2.18. The molecule has 2 aromatic carbocycles. The lowest BCUT2D eigenvalue weighted by Crippen LogP contribution is -2.35. The van der Waals surface area contributed by atoms with E-state index in [-0.39, 0.29) is 24.6 Å². The van der Waals surface area contributed by atoms with Crippen LogP contribution in [0.5, 0.6) is 11.5 Å². The number of hydrogen-bond donors (Lipinski definition) is 3. The van der Waals surface area contributed by atoms with Crippen molar-refractivity contribution >= 4 is 29.1 Å². The molecule has 0 bridgehead atoms. The summed E-state index contributed by atoms with van der Waals surface area (Å²) in [6.45, 7) is -0.442. The number of amides is 2. The average Bonchev–Trinajstić information content (AvgIpc) is 2.55. The summed E-state index contributed by atoms with van der Waals surface area (Å²) in [7, 11) is 0. The number of hydrogen-bond acceptors (Lipinski definition) is 4. The van der Waals surface area contributed by atoms with E-state index in [4.69, 9.17) is 16.3 Å². The fourth-order valence-electron chi connectivity index (χ4n) is 1.70. The number of ether oxygens (including phenoxy) is 1. The monoisotopic (exact) mass is 334 g/mol. The number of carbonyl (C=O) groups excluding carboxylic acids is 2. The standard InChI is InChI=1S/C16H15ClN2O4/c17-11-6-7-14(20)13(8-11)19-15(21)9-18-16(22)10-23-12-4-2-1-3-5-12/h1-8,20H,9-10H2,(H,18,22)(H,19,21). The van der Waals surface area contributed by atoms with Crippen LogP contribution < -0.4 is 15.4 Å². The van der Waals surface area contributed by atoms with E-state index >= 15 is 0 Å². The largest absolute Gasteiger partial charge is 0.506 e. The summed E-state index contributed by atoms with van der Waals surface area (Å²) in [6, 6.07) is 13.1. The van der Waals surface area contributed by atoms with E-state index < -0.39 is 11.8 Å². The number of aromatic hydroxyl groups is 1. The predicted molar refractivity (Wildman–Crippen MR) is 86.7 cm³/mol. The topological polar surface area (TPSA) is 87.7 Å². The Morgan fingerprint density at radius 3 is 2.57 bits per heavy atom. The second-order valence-electron chi connectivity index (χ2n) is 4.59. The Morgan fingerprint density at radius 1 is 1.09 bits per heavy atom. The molecule has 7 heteroatoms. The number of carbonyl (C=O) groups is 2. The van der Waals surface area contributed by atoms with Crippen LogP contribution in [0.4, 0.5) is 5.69 Å². The van der Waals surface area contributed by atoms with Gasteiger partial charge in [0.15, 0.2) is 6.61 Å². The molecule has 2 aromatic rings. The maximum absolute atomic E-state index is 11.7. The first-order valence-corrected chi connectivity index (χ1v) is 7.15. The number of phenolic OH excluding ortho intramolecular Hbond substituents is 1. The third-order valence-electron chi connectivity index (χ3n) is 2.79. The van der Waals surface area contributed by atoms with Crippen LogP contribution in [-0.4, -0.2) is 30.1 Å². The van der Waals surface area contributed by atoms with E-state index in [0.717, 1.165) is 0 Å². The van der Waals surface area contributed by atoms with Crippen molar-refractivity contribution in [3.05, 3.63) is 53.6 Å². The second-order valence-corrected chi connectivity index (χ2v) is 5.02. The quantitative estimate of drug-likeness (QED) is 0.707. The minimum atomic E-state index is -0.490. The highest BCUT2D eigenvalue weighted by atomic mass is 35.5. The van der Waals surface area contributed by atoms with E-state index in [2.05, 4.69) is 10.6 Å². The van der Waals surface area contributed by atoms with Crippen molar-refractivity contribution in [2.75, 3.05) is 18.5 Å².